The van der Waals surface area contributed by atoms with E-state index < -0.39 is 18.2 Å². The highest BCUT2D eigenvalue weighted by molar-refractivity contribution is 5.89. The standard InChI is InChI=1S/C18H20O5/c1-12(19)17(13-4-8-15(21-2)9-5-13)23-18(20)14-6-10-16(22-3)11-7-14/h4-12,17,19H,1-3H3/t12-,17-/m1/s1. The molecule has 23 heavy (non-hydrogen) atoms. The van der Waals surface area contributed by atoms with Crippen LogP contribution >= 0.6 is 0 Å². The second-order valence-corrected chi connectivity index (χ2v) is 5.07. The Balaban J connectivity index is 2.15. The molecule has 0 fully saturated rings. The summed E-state index contributed by atoms with van der Waals surface area (Å²) in [5, 5.41) is 9.94. The Morgan fingerprint density at radius 1 is 0.913 bits per heavy atom. The molecule has 0 unspecified atom stereocenters. The quantitative estimate of drug-likeness (QED) is 0.830. The smallest absolute Gasteiger partial charge is 0.338 e. The van der Waals surface area contributed by atoms with Crippen LogP contribution in [-0.2, 0) is 4.74 Å². The predicted octanol–water partition coefficient (Wildman–Crippen LogP) is 2.98. The first-order valence-electron chi connectivity index (χ1n) is 7.22. The van der Waals surface area contributed by atoms with Crippen molar-refractivity contribution in [2.45, 2.75) is 19.1 Å². The van der Waals surface area contributed by atoms with Gasteiger partial charge in [-0.2, -0.15) is 0 Å². The van der Waals surface area contributed by atoms with Crippen LogP contribution in [0.25, 0.3) is 0 Å². The van der Waals surface area contributed by atoms with Crippen molar-refractivity contribution < 1.29 is 24.1 Å². The lowest BCUT2D eigenvalue weighted by Crippen LogP contribution is -2.21. The molecule has 5 nitrogen and oxygen atoms in total. The van der Waals surface area contributed by atoms with E-state index in [1.54, 1.807) is 69.7 Å². The van der Waals surface area contributed by atoms with Gasteiger partial charge in [0.15, 0.2) is 6.10 Å². The van der Waals surface area contributed by atoms with Gasteiger partial charge in [0.1, 0.15) is 11.5 Å². The molecule has 2 aromatic carbocycles. The third-order valence-electron chi connectivity index (χ3n) is 3.44. The second-order valence-electron chi connectivity index (χ2n) is 5.07. The number of carbonyl (C=O) groups excluding carboxylic acids is 1. The molecule has 0 heterocycles. The summed E-state index contributed by atoms with van der Waals surface area (Å²) >= 11 is 0. The van der Waals surface area contributed by atoms with E-state index in [9.17, 15) is 9.90 Å². The minimum Gasteiger partial charge on any atom is -0.497 e. The highest BCUT2D eigenvalue weighted by atomic mass is 16.6. The molecule has 0 amide bonds. The van der Waals surface area contributed by atoms with Crippen molar-refractivity contribution in [1.82, 2.24) is 0 Å². The fraction of sp³-hybridized carbons (Fsp3) is 0.278. The molecule has 122 valence electrons. The van der Waals surface area contributed by atoms with Crippen LogP contribution in [-0.4, -0.2) is 31.4 Å². The molecule has 0 aliphatic carbocycles. The van der Waals surface area contributed by atoms with E-state index in [4.69, 9.17) is 14.2 Å². The minimum absolute atomic E-state index is 0.393. The fourth-order valence-electron chi connectivity index (χ4n) is 2.15. The fourth-order valence-corrected chi connectivity index (χ4v) is 2.15. The molecule has 0 bridgehead atoms. The van der Waals surface area contributed by atoms with Crippen molar-refractivity contribution in [3.63, 3.8) is 0 Å². The maximum absolute atomic E-state index is 12.3. The van der Waals surface area contributed by atoms with Gasteiger partial charge >= 0.3 is 5.97 Å². The zero-order valence-corrected chi connectivity index (χ0v) is 13.4. The molecule has 0 saturated heterocycles. The highest BCUT2D eigenvalue weighted by Gasteiger charge is 2.23. The van der Waals surface area contributed by atoms with Crippen molar-refractivity contribution in [2.24, 2.45) is 0 Å². The Hall–Kier alpha value is -2.53. The number of aliphatic hydroxyl groups is 1. The first kappa shape index (κ1) is 16.8. The van der Waals surface area contributed by atoms with Crippen LogP contribution in [0.2, 0.25) is 0 Å². The molecular formula is C18H20O5. The first-order chi connectivity index (χ1) is 11.0. The molecule has 0 spiro atoms. The summed E-state index contributed by atoms with van der Waals surface area (Å²) in [5.41, 5.74) is 1.09. The average Bonchev–Trinajstić information content (AvgIpc) is 2.59. The largest absolute Gasteiger partial charge is 0.497 e. The third kappa shape index (κ3) is 4.23. The number of carbonyl (C=O) groups is 1. The third-order valence-corrected chi connectivity index (χ3v) is 3.44. The Kier molecular flexibility index (Phi) is 5.60. The molecule has 2 rings (SSSR count). The summed E-state index contributed by atoms with van der Waals surface area (Å²) in [7, 11) is 3.13. The normalized spacial score (nSPS) is 13.0. The van der Waals surface area contributed by atoms with Gasteiger partial charge in [-0.25, -0.2) is 4.79 Å². The van der Waals surface area contributed by atoms with Gasteiger partial charge < -0.3 is 19.3 Å². The molecule has 0 aromatic heterocycles. The maximum atomic E-state index is 12.3. The summed E-state index contributed by atoms with van der Waals surface area (Å²) in [6.45, 7) is 1.58. The van der Waals surface area contributed by atoms with Crippen molar-refractivity contribution in [3.05, 3.63) is 59.7 Å². The number of esters is 1. The number of rotatable bonds is 6. The van der Waals surface area contributed by atoms with E-state index in [0.717, 1.165) is 0 Å². The van der Waals surface area contributed by atoms with E-state index in [1.165, 1.54) is 0 Å². The first-order valence-corrected chi connectivity index (χ1v) is 7.22. The molecule has 0 saturated carbocycles. The molecule has 2 aromatic rings. The van der Waals surface area contributed by atoms with Crippen LogP contribution in [0, 0.1) is 0 Å². The van der Waals surface area contributed by atoms with Gasteiger partial charge in [-0.05, 0) is 48.9 Å². The van der Waals surface area contributed by atoms with Crippen LogP contribution in [0.1, 0.15) is 28.9 Å². The van der Waals surface area contributed by atoms with Gasteiger partial charge in [-0.1, -0.05) is 12.1 Å². The molecule has 1 N–H and O–H groups in total. The predicted molar refractivity (Wildman–Crippen MR) is 85.8 cm³/mol. The summed E-state index contributed by atoms with van der Waals surface area (Å²) in [6, 6.07) is 13.6. The van der Waals surface area contributed by atoms with E-state index in [0.29, 0.717) is 22.6 Å². The van der Waals surface area contributed by atoms with Crippen LogP contribution in [0.4, 0.5) is 0 Å². The average molecular weight is 316 g/mol. The van der Waals surface area contributed by atoms with Crippen molar-refractivity contribution >= 4 is 5.97 Å². The Morgan fingerprint density at radius 2 is 1.39 bits per heavy atom. The lowest BCUT2D eigenvalue weighted by Gasteiger charge is -2.21. The summed E-state index contributed by atoms with van der Waals surface area (Å²) in [5.74, 6) is 0.845. The van der Waals surface area contributed by atoms with Crippen molar-refractivity contribution in [1.29, 1.82) is 0 Å². The summed E-state index contributed by atoms with van der Waals surface area (Å²) in [6.07, 6.45) is -1.60. The Bertz CT molecular complexity index is 631. The number of hydrogen-bond acceptors (Lipinski definition) is 5. The van der Waals surface area contributed by atoms with E-state index in [1.807, 2.05) is 0 Å². The number of methoxy groups -OCH3 is 2. The van der Waals surface area contributed by atoms with Crippen LogP contribution in [0.3, 0.4) is 0 Å². The van der Waals surface area contributed by atoms with Gasteiger partial charge in [0.25, 0.3) is 0 Å². The molecule has 2 atom stereocenters. The van der Waals surface area contributed by atoms with Gasteiger partial charge in [0.05, 0.1) is 25.9 Å². The topological polar surface area (TPSA) is 65.0 Å². The molecule has 5 heteroatoms. The number of aliphatic hydroxyl groups excluding tert-OH is 1. The maximum Gasteiger partial charge on any atom is 0.338 e. The van der Waals surface area contributed by atoms with Gasteiger partial charge in [0, 0.05) is 0 Å². The lowest BCUT2D eigenvalue weighted by atomic mass is 10.0. The summed E-state index contributed by atoms with van der Waals surface area (Å²) < 4.78 is 15.6. The van der Waals surface area contributed by atoms with E-state index in [-0.39, 0.29) is 0 Å². The molecule has 0 aliphatic heterocycles. The number of hydrogen-bond donors (Lipinski definition) is 1. The Morgan fingerprint density at radius 3 is 1.83 bits per heavy atom. The van der Waals surface area contributed by atoms with Crippen LogP contribution in [0.15, 0.2) is 48.5 Å². The Labute approximate surface area is 135 Å². The highest BCUT2D eigenvalue weighted by Crippen LogP contribution is 2.25. The van der Waals surface area contributed by atoms with Crippen molar-refractivity contribution in [2.75, 3.05) is 14.2 Å². The van der Waals surface area contributed by atoms with Crippen LogP contribution < -0.4 is 9.47 Å². The van der Waals surface area contributed by atoms with E-state index in [2.05, 4.69) is 0 Å². The number of ether oxygens (including phenoxy) is 3. The molecular weight excluding hydrogens is 296 g/mol. The van der Waals surface area contributed by atoms with Crippen molar-refractivity contribution in [3.8, 4) is 11.5 Å². The zero-order chi connectivity index (χ0) is 16.8. The minimum atomic E-state index is -0.842. The molecule has 0 aliphatic rings. The van der Waals surface area contributed by atoms with E-state index >= 15 is 0 Å². The zero-order valence-electron chi connectivity index (χ0n) is 13.4. The van der Waals surface area contributed by atoms with Gasteiger partial charge in [-0.15, -0.1) is 0 Å². The van der Waals surface area contributed by atoms with Crippen LogP contribution in [0.5, 0.6) is 11.5 Å². The van der Waals surface area contributed by atoms with Gasteiger partial charge in [0.2, 0.25) is 0 Å². The SMILES string of the molecule is COc1ccc(C(=O)O[C@@H](c2ccc(OC)cc2)[C@@H](C)O)cc1. The lowest BCUT2D eigenvalue weighted by molar-refractivity contribution is -0.0135. The summed E-state index contributed by atoms with van der Waals surface area (Å²) in [4.78, 5) is 12.3. The molecule has 0 radical (unpaired) electrons. The monoisotopic (exact) mass is 316 g/mol. The number of benzene rings is 2. The van der Waals surface area contributed by atoms with Gasteiger partial charge in [-0.3, -0.25) is 0 Å². The second kappa shape index (κ2) is 7.65.